The van der Waals surface area contributed by atoms with Crippen molar-refractivity contribution in [2.24, 2.45) is 5.73 Å². The van der Waals surface area contributed by atoms with Crippen molar-refractivity contribution in [2.45, 2.75) is 38.3 Å². The van der Waals surface area contributed by atoms with Gasteiger partial charge in [0.25, 0.3) is 10.0 Å². The predicted molar refractivity (Wildman–Crippen MR) is 70.6 cm³/mol. The molecule has 0 spiro atoms. The Kier molecular flexibility index (Phi) is 5.77. The molecule has 0 aliphatic heterocycles. The molecule has 1 heterocycles. The molecular weight excluding hydrogens is 252 g/mol. The molecule has 0 amide bonds. The average molecular weight is 274 g/mol. The van der Waals surface area contributed by atoms with Gasteiger partial charge in [-0.3, -0.25) is 0 Å². The fourth-order valence-electron chi connectivity index (χ4n) is 1.65. The van der Waals surface area contributed by atoms with Gasteiger partial charge in [-0.1, -0.05) is 6.92 Å². The van der Waals surface area contributed by atoms with Crippen LogP contribution in [0.1, 0.15) is 26.7 Å². The zero-order valence-electron chi connectivity index (χ0n) is 11.0. The van der Waals surface area contributed by atoms with Crippen molar-refractivity contribution in [1.29, 1.82) is 0 Å². The van der Waals surface area contributed by atoms with Crippen LogP contribution in [0.25, 0.3) is 0 Å². The van der Waals surface area contributed by atoms with Gasteiger partial charge in [0.2, 0.25) is 0 Å². The molecule has 6 nitrogen and oxygen atoms in total. The monoisotopic (exact) mass is 274 g/mol. The minimum atomic E-state index is -3.48. The normalized spacial score (nSPS) is 12.2. The topological polar surface area (TPSA) is 81.2 Å². The van der Waals surface area contributed by atoms with Crippen molar-refractivity contribution >= 4 is 10.0 Å². The second kappa shape index (κ2) is 6.86. The van der Waals surface area contributed by atoms with Crippen LogP contribution >= 0.6 is 0 Å². The summed E-state index contributed by atoms with van der Waals surface area (Å²) >= 11 is 0. The quantitative estimate of drug-likeness (QED) is 0.755. The molecule has 0 aliphatic carbocycles. The van der Waals surface area contributed by atoms with Gasteiger partial charge in [0, 0.05) is 25.8 Å². The van der Waals surface area contributed by atoms with Crippen LogP contribution in [-0.2, 0) is 16.6 Å². The lowest BCUT2D eigenvalue weighted by Gasteiger charge is -2.19. The van der Waals surface area contributed by atoms with Crippen molar-refractivity contribution in [3.63, 3.8) is 0 Å². The third-order valence-electron chi connectivity index (χ3n) is 2.66. The molecule has 0 aliphatic rings. The Balaban J connectivity index is 2.92. The van der Waals surface area contributed by atoms with Crippen LogP contribution in [0.2, 0.25) is 0 Å². The molecule has 2 N–H and O–H groups in total. The van der Waals surface area contributed by atoms with Crippen LogP contribution in [0.15, 0.2) is 17.6 Å². The first-order valence-corrected chi connectivity index (χ1v) is 7.72. The second-order valence-electron chi connectivity index (χ2n) is 4.09. The molecule has 18 heavy (non-hydrogen) atoms. The van der Waals surface area contributed by atoms with E-state index in [1.54, 1.807) is 17.1 Å². The highest BCUT2D eigenvalue weighted by molar-refractivity contribution is 7.89. The van der Waals surface area contributed by atoms with Gasteiger partial charge in [-0.05, 0) is 26.3 Å². The third kappa shape index (κ3) is 3.54. The number of aryl methyl sites for hydroxylation is 1. The molecule has 0 aromatic carbocycles. The van der Waals surface area contributed by atoms with E-state index in [0.717, 1.165) is 6.42 Å². The Hall–Kier alpha value is -0.920. The summed E-state index contributed by atoms with van der Waals surface area (Å²) < 4.78 is 27.9. The van der Waals surface area contributed by atoms with E-state index in [1.807, 2.05) is 13.8 Å². The summed E-state index contributed by atoms with van der Waals surface area (Å²) in [6.45, 7) is 6.04. The molecular formula is C11H22N4O2S. The molecule has 104 valence electrons. The van der Waals surface area contributed by atoms with E-state index in [-0.39, 0.29) is 5.03 Å². The number of sulfonamides is 1. The molecule has 0 saturated carbocycles. The van der Waals surface area contributed by atoms with Crippen LogP contribution in [0, 0.1) is 0 Å². The molecule has 0 radical (unpaired) electrons. The fraction of sp³-hybridized carbons (Fsp3) is 0.727. The summed E-state index contributed by atoms with van der Waals surface area (Å²) in [7, 11) is -3.48. The Morgan fingerprint density at radius 3 is 2.61 bits per heavy atom. The van der Waals surface area contributed by atoms with Crippen molar-refractivity contribution in [2.75, 3.05) is 19.6 Å². The average Bonchev–Trinajstić information content (AvgIpc) is 2.83. The number of nitrogens with two attached hydrogens (primary N) is 1. The number of imidazole rings is 1. The van der Waals surface area contributed by atoms with Gasteiger partial charge in [0.1, 0.15) is 0 Å². The summed E-state index contributed by atoms with van der Waals surface area (Å²) in [4.78, 5) is 3.97. The molecule has 0 bridgehead atoms. The number of hydrogen-bond acceptors (Lipinski definition) is 4. The SMILES string of the molecule is CCCN(CCCN)S(=O)(=O)c1cn(CC)cn1. The van der Waals surface area contributed by atoms with Gasteiger partial charge < -0.3 is 10.3 Å². The summed E-state index contributed by atoms with van der Waals surface area (Å²) in [5, 5.41) is 0.120. The van der Waals surface area contributed by atoms with Crippen LogP contribution in [0.4, 0.5) is 0 Å². The number of rotatable bonds is 8. The van der Waals surface area contributed by atoms with Crippen molar-refractivity contribution in [1.82, 2.24) is 13.9 Å². The first kappa shape index (κ1) is 15.1. The van der Waals surface area contributed by atoms with E-state index in [0.29, 0.717) is 32.6 Å². The van der Waals surface area contributed by atoms with E-state index in [1.165, 1.54) is 4.31 Å². The van der Waals surface area contributed by atoms with Crippen LogP contribution < -0.4 is 5.73 Å². The van der Waals surface area contributed by atoms with E-state index in [2.05, 4.69) is 4.98 Å². The summed E-state index contributed by atoms with van der Waals surface area (Å²) in [5.41, 5.74) is 5.44. The number of hydrogen-bond donors (Lipinski definition) is 1. The minimum Gasteiger partial charge on any atom is -0.336 e. The van der Waals surface area contributed by atoms with E-state index in [4.69, 9.17) is 5.73 Å². The zero-order chi connectivity index (χ0) is 13.6. The summed E-state index contributed by atoms with van der Waals surface area (Å²) in [6.07, 6.45) is 4.55. The standard InChI is InChI=1S/C11H22N4O2S/c1-3-7-15(8-5-6-12)18(16,17)11-9-14(4-2)10-13-11/h9-10H,3-8,12H2,1-2H3. The van der Waals surface area contributed by atoms with Crippen molar-refractivity contribution < 1.29 is 8.42 Å². The van der Waals surface area contributed by atoms with E-state index in [9.17, 15) is 8.42 Å². The van der Waals surface area contributed by atoms with Crippen molar-refractivity contribution in [3.8, 4) is 0 Å². The minimum absolute atomic E-state index is 0.120. The Morgan fingerprint density at radius 2 is 2.11 bits per heavy atom. The predicted octanol–water partition coefficient (Wildman–Crippen LogP) is 0.653. The first-order valence-electron chi connectivity index (χ1n) is 6.28. The Bertz CT molecular complexity index is 455. The van der Waals surface area contributed by atoms with E-state index >= 15 is 0 Å². The maximum Gasteiger partial charge on any atom is 0.262 e. The Labute approximate surface area is 109 Å². The summed E-state index contributed by atoms with van der Waals surface area (Å²) in [5.74, 6) is 0. The van der Waals surface area contributed by atoms with Gasteiger partial charge >= 0.3 is 0 Å². The first-order chi connectivity index (χ1) is 8.56. The zero-order valence-corrected chi connectivity index (χ0v) is 11.9. The molecule has 0 saturated heterocycles. The lowest BCUT2D eigenvalue weighted by Crippen LogP contribution is -2.34. The van der Waals surface area contributed by atoms with Crippen LogP contribution in [0.5, 0.6) is 0 Å². The van der Waals surface area contributed by atoms with Gasteiger partial charge in [0.15, 0.2) is 5.03 Å². The van der Waals surface area contributed by atoms with Gasteiger partial charge in [0.05, 0.1) is 6.33 Å². The largest absolute Gasteiger partial charge is 0.336 e. The lowest BCUT2D eigenvalue weighted by atomic mass is 10.4. The highest BCUT2D eigenvalue weighted by Gasteiger charge is 2.25. The molecule has 1 aromatic heterocycles. The summed E-state index contributed by atoms with van der Waals surface area (Å²) in [6, 6.07) is 0. The van der Waals surface area contributed by atoms with Crippen LogP contribution in [0.3, 0.4) is 0 Å². The van der Waals surface area contributed by atoms with Gasteiger partial charge in [-0.2, -0.15) is 4.31 Å². The highest BCUT2D eigenvalue weighted by Crippen LogP contribution is 2.14. The maximum atomic E-state index is 12.4. The second-order valence-corrected chi connectivity index (χ2v) is 5.97. The third-order valence-corrected chi connectivity index (χ3v) is 4.45. The van der Waals surface area contributed by atoms with E-state index < -0.39 is 10.0 Å². The molecule has 0 fully saturated rings. The smallest absolute Gasteiger partial charge is 0.262 e. The molecule has 7 heteroatoms. The number of nitrogens with zero attached hydrogens (tertiary/aromatic N) is 3. The Morgan fingerprint density at radius 1 is 1.39 bits per heavy atom. The van der Waals surface area contributed by atoms with Crippen LogP contribution in [-0.4, -0.2) is 41.9 Å². The molecule has 0 unspecified atom stereocenters. The maximum absolute atomic E-state index is 12.4. The molecule has 1 rings (SSSR count). The highest BCUT2D eigenvalue weighted by atomic mass is 32.2. The van der Waals surface area contributed by atoms with Crippen molar-refractivity contribution in [3.05, 3.63) is 12.5 Å². The van der Waals surface area contributed by atoms with Gasteiger partial charge in [-0.15, -0.1) is 0 Å². The number of aromatic nitrogens is 2. The lowest BCUT2D eigenvalue weighted by molar-refractivity contribution is 0.404. The fourth-order valence-corrected chi connectivity index (χ4v) is 3.15. The molecule has 1 aromatic rings. The van der Waals surface area contributed by atoms with Gasteiger partial charge in [-0.25, -0.2) is 13.4 Å². The molecule has 0 atom stereocenters.